The van der Waals surface area contributed by atoms with Crippen molar-refractivity contribution < 1.29 is 14.3 Å². The van der Waals surface area contributed by atoms with Crippen molar-refractivity contribution in [3.63, 3.8) is 0 Å². The van der Waals surface area contributed by atoms with Crippen molar-refractivity contribution in [1.29, 1.82) is 0 Å². The van der Waals surface area contributed by atoms with Crippen LogP contribution in [0.25, 0.3) is 0 Å². The quantitative estimate of drug-likeness (QED) is 0.655. The van der Waals surface area contributed by atoms with Crippen molar-refractivity contribution in [1.82, 2.24) is 5.32 Å². The predicted octanol–water partition coefficient (Wildman–Crippen LogP) is 1.32. The Bertz CT molecular complexity index is 284. The second-order valence-corrected chi connectivity index (χ2v) is 3.68. The largest absolute Gasteiger partial charge is 0.467 e. The van der Waals surface area contributed by atoms with E-state index in [1.165, 1.54) is 0 Å². The summed E-state index contributed by atoms with van der Waals surface area (Å²) in [7, 11) is 0. The molecule has 2 N–H and O–H groups in total. The van der Waals surface area contributed by atoms with Gasteiger partial charge in [-0.1, -0.05) is 6.08 Å². The summed E-state index contributed by atoms with van der Waals surface area (Å²) in [6.07, 6.45) is 2.87. The molecule has 0 saturated heterocycles. The van der Waals surface area contributed by atoms with Crippen LogP contribution in [0.3, 0.4) is 0 Å². The number of hydrogen-bond donors (Lipinski definition) is 2. The average molecular weight is 225 g/mol. The number of nitrogens with one attached hydrogen (secondary N) is 1. The van der Waals surface area contributed by atoms with Crippen LogP contribution in [0, 0.1) is 0 Å². The number of aliphatic hydroxyl groups excluding tert-OH is 1. The molecule has 1 rings (SSSR count). The van der Waals surface area contributed by atoms with E-state index in [-0.39, 0.29) is 12.6 Å². The Hall–Kier alpha value is -1.10. The molecule has 16 heavy (non-hydrogen) atoms. The van der Waals surface area contributed by atoms with Crippen LogP contribution >= 0.6 is 0 Å². The Labute approximate surface area is 95.9 Å². The third-order valence-corrected chi connectivity index (χ3v) is 2.16. The first-order valence-corrected chi connectivity index (χ1v) is 5.36. The van der Waals surface area contributed by atoms with Gasteiger partial charge in [0.2, 0.25) is 0 Å². The van der Waals surface area contributed by atoms with Gasteiger partial charge in [0.1, 0.15) is 12.4 Å². The third kappa shape index (κ3) is 5.11. The molecule has 0 aromatic carbocycles. The van der Waals surface area contributed by atoms with Gasteiger partial charge in [-0.15, -0.1) is 6.58 Å². The molecule has 1 heterocycles. The zero-order valence-electron chi connectivity index (χ0n) is 9.56. The summed E-state index contributed by atoms with van der Waals surface area (Å²) in [6, 6.07) is 3.84. The van der Waals surface area contributed by atoms with Crippen molar-refractivity contribution in [2.45, 2.75) is 25.7 Å². The van der Waals surface area contributed by atoms with Crippen molar-refractivity contribution in [3.8, 4) is 0 Å². The lowest BCUT2D eigenvalue weighted by Crippen LogP contribution is -2.34. The molecule has 0 aliphatic carbocycles. The Morgan fingerprint density at radius 3 is 3.12 bits per heavy atom. The van der Waals surface area contributed by atoms with E-state index in [0.717, 1.165) is 5.76 Å². The molecule has 90 valence electrons. The Morgan fingerprint density at radius 1 is 1.69 bits per heavy atom. The zero-order chi connectivity index (χ0) is 11.8. The molecule has 0 bridgehead atoms. The van der Waals surface area contributed by atoms with E-state index in [4.69, 9.17) is 9.15 Å². The van der Waals surface area contributed by atoms with E-state index in [1.54, 1.807) is 12.3 Å². The van der Waals surface area contributed by atoms with Crippen molar-refractivity contribution in [2.24, 2.45) is 0 Å². The average Bonchev–Trinajstić information content (AvgIpc) is 2.79. The molecule has 1 aromatic rings. The van der Waals surface area contributed by atoms with Gasteiger partial charge in [0.05, 0.1) is 19.0 Å². The molecule has 0 fully saturated rings. The van der Waals surface area contributed by atoms with Crippen LogP contribution in [0.2, 0.25) is 0 Å². The first-order valence-electron chi connectivity index (χ1n) is 5.36. The summed E-state index contributed by atoms with van der Waals surface area (Å²) in [6.45, 7) is 6.79. The van der Waals surface area contributed by atoms with Crippen LogP contribution in [-0.4, -0.2) is 30.4 Å². The summed E-state index contributed by atoms with van der Waals surface area (Å²) in [5, 5.41) is 12.7. The minimum absolute atomic E-state index is 0.194. The van der Waals surface area contributed by atoms with Gasteiger partial charge in [0.25, 0.3) is 0 Å². The van der Waals surface area contributed by atoms with Gasteiger partial charge in [-0.05, 0) is 19.1 Å². The van der Waals surface area contributed by atoms with Gasteiger partial charge in [-0.25, -0.2) is 0 Å². The molecule has 4 heteroatoms. The molecule has 0 saturated carbocycles. The highest BCUT2D eigenvalue weighted by molar-refractivity contribution is 4.96. The van der Waals surface area contributed by atoms with Crippen LogP contribution in [0.1, 0.15) is 12.7 Å². The second-order valence-electron chi connectivity index (χ2n) is 3.68. The molecule has 0 aliphatic heterocycles. The fourth-order valence-corrected chi connectivity index (χ4v) is 1.15. The maximum Gasteiger partial charge on any atom is 0.129 e. The van der Waals surface area contributed by atoms with Gasteiger partial charge >= 0.3 is 0 Å². The van der Waals surface area contributed by atoms with E-state index in [1.807, 2.05) is 19.1 Å². The Kier molecular flexibility index (Phi) is 5.85. The Balaban J connectivity index is 2.06. The number of ether oxygens (including phenoxy) is 1. The van der Waals surface area contributed by atoms with Crippen LogP contribution in [0.5, 0.6) is 0 Å². The number of aliphatic hydroxyl groups is 1. The fourth-order valence-electron chi connectivity index (χ4n) is 1.15. The SMILES string of the molecule is C=CC(C)NCC(O)COCc1ccco1. The topological polar surface area (TPSA) is 54.6 Å². The monoisotopic (exact) mass is 225 g/mol. The molecule has 2 atom stereocenters. The molecule has 2 unspecified atom stereocenters. The minimum atomic E-state index is -0.516. The second kappa shape index (κ2) is 7.22. The molecule has 4 nitrogen and oxygen atoms in total. The van der Waals surface area contributed by atoms with Gasteiger partial charge in [0, 0.05) is 12.6 Å². The smallest absolute Gasteiger partial charge is 0.129 e. The zero-order valence-corrected chi connectivity index (χ0v) is 9.56. The van der Waals surface area contributed by atoms with Gasteiger partial charge in [0.15, 0.2) is 0 Å². The molecule has 1 aromatic heterocycles. The summed E-state index contributed by atoms with van der Waals surface area (Å²) in [4.78, 5) is 0. The van der Waals surface area contributed by atoms with Gasteiger partial charge < -0.3 is 19.6 Å². The molecule has 0 aliphatic rings. The summed E-state index contributed by atoms with van der Waals surface area (Å²) in [5.74, 6) is 0.764. The lowest BCUT2D eigenvalue weighted by Gasteiger charge is -2.14. The van der Waals surface area contributed by atoms with E-state index in [2.05, 4.69) is 11.9 Å². The lowest BCUT2D eigenvalue weighted by atomic mass is 10.3. The summed E-state index contributed by atoms with van der Waals surface area (Å²) < 4.78 is 10.4. The van der Waals surface area contributed by atoms with Crippen LogP contribution in [0.15, 0.2) is 35.5 Å². The normalized spacial score (nSPS) is 14.6. The predicted molar refractivity (Wildman–Crippen MR) is 62.0 cm³/mol. The number of rotatable bonds is 8. The van der Waals surface area contributed by atoms with Crippen molar-refractivity contribution in [3.05, 3.63) is 36.8 Å². The summed E-state index contributed by atoms with van der Waals surface area (Å²) in [5.41, 5.74) is 0. The lowest BCUT2D eigenvalue weighted by molar-refractivity contribution is 0.0222. The Morgan fingerprint density at radius 2 is 2.50 bits per heavy atom. The molecular weight excluding hydrogens is 206 g/mol. The first kappa shape index (κ1) is 13.0. The van der Waals surface area contributed by atoms with Crippen LogP contribution in [0.4, 0.5) is 0 Å². The van der Waals surface area contributed by atoms with E-state index < -0.39 is 6.10 Å². The summed E-state index contributed by atoms with van der Waals surface area (Å²) >= 11 is 0. The van der Waals surface area contributed by atoms with E-state index in [9.17, 15) is 5.11 Å². The minimum Gasteiger partial charge on any atom is -0.467 e. The number of furan rings is 1. The highest BCUT2D eigenvalue weighted by Gasteiger charge is 2.06. The molecule has 0 amide bonds. The standard InChI is InChI=1S/C12H19NO3/c1-3-10(2)13-7-11(14)8-15-9-12-5-4-6-16-12/h3-6,10-11,13-14H,1,7-9H2,2H3. The van der Waals surface area contributed by atoms with Crippen molar-refractivity contribution in [2.75, 3.05) is 13.2 Å². The number of hydrogen-bond acceptors (Lipinski definition) is 4. The molecule has 0 radical (unpaired) electrons. The molecule has 0 spiro atoms. The fraction of sp³-hybridized carbons (Fsp3) is 0.500. The highest BCUT2D eigenvalue weighted by atomic mass is 16.5. The van der Waals surface area contributed by atoms with Gasteiger partial charge in [-0.2, -0.15) is 0 Å². The van der Waals surface area contributed by atoms with Gasteiger partial charge in [-0.3, -0.25) is 0 Å². The molecular formula is C12H19NO3. The van der Waals surface area contributed by atoms with Crippen LogP contribution in [-0.2, 0) is 11.3 Å². The van der Waals surface area contributed by atoms with E-state index >= 15 is 0 Å². The van der Waals surface area contributed by atoms with Crippen LogP contribution < -0.4 is 5.32 Å². The van der Waals surface area contributed by atoms with Crippen molar-refractivity contribution >= 4 is 0 Å². The van der Waals surface area contributed by atoms with E-state index in [0.29, 0.717) is 13.2 Å². The third-order valence-electron chi connectivity index (χ3n) is 2.16. The maximum atomic E-state index is 9.57. The highest BCUT2D eigenvalue weighted by Crippen LogP contribution is 2.01. The maximum absolute atomic E-state index is 9.57. The first-order chi connectivity index (χ1) is 7.72.